The van der Waals surface area contributed by atoms with Gasteiger partial charge in [-0.15, -0.1) is 0 Å². The molecule has 0 radical (unpaired) electrons. The Labute approximate surface area is 193 Å². The topological polar surface area (TPSA) is 143 Å². The molecule has 0 fully saturated rings. The smallest absolute Gasteiger partial charge is 0.408 e. The molecule has 1 aromatic rings. The number of nitrogens with one attached hydrogen (secondary N) is 3. The summed E-state index contributed by atoms with van der Waals surface area (Å²) < 4.78 is 10.2. The molecular formula is C23H33N3O7. The van der Waals surface area contributed by atoms with Crippen LogP contribution in [0.5, 0.6) is 0 Å². The molecule has 0 aromatic heterocycles. The summed E-state index contributed by atoms with van der Waals surface area (Å²) in [5.74, 6) is -2.52. The maximum absolute atomic E-state index is 12.7. The van der Waals surface area contributed by atoms with Gasteiger partial charge in [-0.2, -0.15) is 0 Å². The summed E-state index contributed by atoms with van der Waals surface area (Å²) in [4.78, 5) is 48.4. The van der Waals surface area contributed by atoms with Gasteiger partial charge in [0.25, 0.3) is 0 Å². The number of rotatable bonds is 13. The number of benzene rings is 1. The van der Waals surface area contributed by atoms with E-state index in [1.54, 1.807) is 32.9 Å². The van der Waals surface area contributed by atoms with E-state index in [4.69, 9.17) is 14.6 Å². The quantitative estimate of drug-likeness (QED) is 0.327. The molecule has 10 nitrogen and oxygen atoms in total. The Hall–Kier alpha value is -3.56. The van der Waals surface area contributed by atoms with Crippen LogP contribution in [0.1, 0.15) is 39.7 Å². The summed E-state index contributed by atoms with van der Waals surface area (Å²) in [6.45, 7) is 7.17. The van der Waals surface area contributed by atoms with E-state index < -0.39 is 42.0 Å². The van der Waals surface area contributed by atoms with E-state index in [0.717, 1.165) is 5.56 Å². The summed E-state index contributed by atoms with van der Waals surface area (Å²) in [6.07, 6.45) is 1.63. The second-order valence-corrected chi connectivity index (χ2v) is 7.65. The monoisotopic (exact) mass is 463 g/mol. The van der Waals surface area contributed by atoms with Gasteiger partial charge >= 0.3 is 12.1 Å². The Morgan fingerprint density at radius 2 is 1.67 bits per heavy atom. The van der Waals surface area contributed by atoms with E-state index in [2.05, 4.69) is 16.0 Å². The zero-order valence-corrected chi connectivity index (χ0v) is 19.4. The maximum atomic E-state index is 12.7. The van der Waals surface area contributed by atoms with E-state index in [0.29, 0.717) is 6.61 Å². The highest BCUT2D eigenvalue weighted by molar-refractivity contribution is 5.91. The molecule has 3 atom stereocenters. The number of hydrogen-bond donors (Lipinski definition) is 4. The number of carboxylic acids is 1. The average molecular weight is 464 g/mol. The number of carbonyl (C=O) groups is 4. The predicted molar refractivity (Wildman–Crippen MR) is 121 cm³/mol. The van der Waals surface area contributed by atoms with Crippen molar-refractivity contribution in [3.05, 3.63) is 48.2 Å². The standard InChI is InChI=1S/C23H33N3O7/c1-5-32-12-11-18(13-19(27)28)25-21(29)16(4)24-22(30)20(15(2)3)26-23(31)33-14-17-9-7-6-8-10-17/h6-12,15-16,18,20H,5,13-14H2,1-4H3,(H,24,30)(H,25,29)(H,26,31)(H,27,28)/b12-11+/t16-,18+,20-/m0/s1. The van der Waals surface area contributed by atoms with Crippen molar-refractivity contribution in [2.45, 2.75) is 58.8 Å². The van der Waals surface area contributed by atoms with Gasteiger partial charge in [-0.05, 0) is 31.4 Å². The van der Waals surface area contributed by atoms with Gasteiger partial charge in [0, 0.05) is 0 Å². The molecule has 4 N–H and O–H groups in total. The van der Waals surface area contributed by atoms with Crippen molar-refractivity contribution in [1.29, 1.82) is 0 Å². The van der Waals surface area contributed by atoms with Gasteiger partial charge in [0.2, 0.25) is 11.8 Å². The molecule has 0 spiro atoms. The lowest BCUT2D eigenvalue weighted by molar-refractivity contribution is -0.137. The van der Waals surface area contributed by atoms with Crippen LogP contribution in [-0.4, -0.2) is 53.7 Å². The predicted octanol–water partition coefficient (Wildman–Crippen LogP) is 1.95. The van der Waals surface area contributed by atoms with Crippen LogP contribution in [-0.2, 0) is 30.5 Å². The summed E-state index contributed by atoms with van der Waals surface area (Å²) in [5, 5.41) is 16.6. The molecule has 0 saturated heterocycles. The summed E-state index contributed by atoms with van der Waals surface area (Å²) in [7, 11) is 0. The lowest BCUT2D eigenvalue weighted by Crippen LogP contribution is -2.55. The molecule has 0 unspecified atom stereocenters. The highest BCUT2D eigenvalue weighted by Gasteiger charge is 2.28. The van der Waals surface area contributed by atoms with Crippen LogP contribution in [0.3, 0.4) is 0 Å². The van der Waals surface area contributed by atoms with E-state index in [9.17, 15) is 19.2 Å². The van der Waals surface area contributed by atoms with Crippen molar-refractivity contribution in [2.24, 2.45) is 5.92 Å². The zero-order chi connectivity index (χ0) is 24.8. The molecule has 0 heterocycles. The molecule has 0 aliphatic heterocycles. The van der Waals surface area contributed by atoms with Gasteiger partial charge < -0.3 is 30.5 Å². The van der Waals surface area contributed by atoms with Crippen LogP contribution in [0.15, 0.2) is 42.7 Å². The van der Waals surface area contributed by atoms with E-state index >= 15 is 0 Å². The first-order valence-electron chi connectivity index (χ1n) is 10.7. The zero-order valence-electron chi connectivity index (χ0n) is 19.4. The minimum Gasteiger partial charge on any atom is -0.502 e. The van der Waals surface area contributed by atoms with Crippen molar-refractivity contribution in [2.75, 3.05) is 6.61 Å². The van der Waals surface area contributed by atoms with Crippen LogP contribution >= 0.6 is 0 Å². The van der Waals surface area contributed by atoms with Gasteiger partial charge in [-0.1, -0.05) is 44.2 Å². The summed E-state index contributed by atoms with van der Waals surface area (Å²) in [6, 6.07) is 6.38. The number of amides is 3. The molecule has 0 saturated carbocycles. The lowest BCUT2D eigenvalue weighted by atomic mass is 10.0. The Morgan fingerprint density at radius 3 is 2.24 bits per heavy atom. The molecular weight excluding hydrogens is 430 g/mol. The Bertz CT molecular complexity index is 812. The number of aliphatic carboxylic acids is 1. The van der Waals surface area contributed by atoms with Gasteiger partial charge in [-0.25, -0.2) is 4.79 Å². The van der Waals surface area contributed by atoms with Crippen LogP contribution < -0.4 is 16.0 Å². The Morgan fingerprint density at radius 1 is 1.00 bits per heavy atom. The molecule has 10 heteroatoms. The summed E-state index contributed by atoms with van der Waals surface area (Å²) in [5.41, 5.74) is 0.804. The van der Waals surface area contributed by atoms with Crippen molar-refractivity contribution in [3.63, 3.8) is 0 Å². The van der Waals surface area contributed by atoms with Gasteiger partial charge in [0.15, 0.2) is 0 Å². The van der Waals surface area contributed by atoms with Crippen LogP contribution in [0.25, 0.3) is 0 Å². The van der Waals surface area contributed by atoms with Gasteiger partial charge in [0.1, 0.15) is 18.7 Å². The minimum atomic E-state index is -1.10. The number of alkyl carbamates (subject to hydrolysis) is 1. The largest absolute Gasteiger partial charge is 0.502 e. The number of hydrogen-bond acceptors (Lipinski definition) is 6. The molecule has 0 aliphatic rings. The van der Waals surface area contributed by atoms with E-state index in [1.165, 1.54) is 19.3 Å². The number of carbonyl (C=O) groups excluding carboxylic acids is 3. The highest BCUT2D eigenvalue weighted by atomic mass is 16.5. The molecule has 0 bridgehead atoms. The molecule has 33 heavy (non-hydrogen) atoms. The fourth-order valence-electron chi connectivity index (χ4n) is 2.71. The van der Waals surface area contributed by atoms with Crippen LogP contribution in [0.4, 0.5) is 4.79 Å². The van der Waals surface area contributed by atoms with Gasteiger partial charge in [-0.3, -0.25) is 14.4 Å². The second kappa shape index (κ2) is 14.5. The lowest BCUT2D eigenvalue weighted by Gasteiger charge is -2.24. The van der Waals surface area contributed by atoms with E-state index in [1.807, 2.05) is 18.2 Å². The van der Waals surface area contributed by atoms with Crippen molar-refractivity contribution < 1.29 is 33.8 Å². The average Bonchev–Trinajstić information content (AvgIpc) is 2.76. The molecule has 1 aromatic carbocycles. The first kappa shape index (κ1) is 27.5. The van der Waals surface area contributed by atoms with Crippen LogP contribution in [0, 0.1) is 5.92 Å². The third-order valence-electron chi connectivity index (χ3n) is 4.48. The number of ether oxygens (including phenoxy) is 2. The second-order valence-electron chi connectivity index (χ2n) is 7.65. The third-order valence-corrected chi connectivity index (χ3v) is 4.48. The Balaban J connectivity index is 2.65. The summed E-state index contributed by atoms with van der Waals surface area (Å²) >= 11 is 0. The van der Waals surface area contributed by atoms with Crippen molar-refractivity contribution in [1.82, 2.24) is 16.0 Å². The Kier molecular flexibility index (Phi) is 12.1. The fourth-order valence-corrected chi connectivity index (χ4v) is 2.71. The molecule has 3 amide bonds. The highest BCUT2D eigenvalue weighted by Crippen LogP contribution is 2.06. The normalized spacial score (nSPS) is 13.6. The van der Waals surface area contributed by atoms with Gasteiger partial charge in [0.05, 0.1) is 25.3 Å². The fraction of sp³-hybridized carbons (Fsp3) is 0.478. The third kappa shape index (κ3) is 11.0. The SMILES string of the molecule is CCO/C=C/[C@H](CC(=O)O)NC(=O)[C@H](C)NC(=O)[C@@H](NC(=O)OCc1ccccc1)C(C)C. The molecule has 1 rings (SSSR count). The first-order valence-corrected chi connectivity index (χ1v) is 10.7. The van der Waals surface area contributed by atoms with Crippen molar-refractivity contribution in [3.8, 4) is 0 Å². The maximum Gasteiger partial charge on any atom is 0.408 e. The minimum absolute atomic E-state index is 0.0537. The first-order chi connectivity index (χ1) is 15.6. The number of carboxylic acid groups (broad SMARTS) is 1. The van der Waals surface area contributed by atoms with Crippen LogP contribution in [0.2, 0.25) is 0 Å². The van der Waals surface area contributed by atoms with Crippen molar-refractivity contribution >= 4 is 23.9 Å². The molecule has 182 valence electrons. The van der Waals surface area contributed by atoms with E-state index in [-0.39, 0.29) is 18.9 Å². The molecule has 0 aliphatic carbocycles.